The molecule has 2 saturated heterocycles. The van der Waals surface area contributed by atoms with Crippen LogP contribution in [0.4, 0.5) is 5.69 Å². The van der Waals surface area contributed by atoms with Gasteiger partial charge in [0.2, 0.25) is 5.41 Å². The predicted octanol–water partition coefficient (Wildman–Crippen LogP) is 2.86. The number of nitrogens with zero attached hydrogens (tertiary/aromatic N) is 3. The molecule has 174 valence electrons. The lowest BCUT2D eigenvalue weighted by Gasteiger charge is -2.44. The Morgan fingerprint density at radius 3 is 2.26 bits per heavy atom. The molecule has 0 radical (unpaired) electrons. The second-order valence-electron chi connectivity index (χ2n) is 9.09. The molecule has 10 heteroatoms. The molecule has 3 atom stereocenters. The number of ketones is 1. The number of hydrazone groups is 1. The summed E-state index contributed by atoms with van der Waals surface area (Å²) in [5.41, 5.74) is -0.412. The highest BCUT2D eigenvalue weighted by molar-refractivity contribution is 6.07. The molecule has 3 heterocycles. The summed E-state index contributed by atoms with van der Waals surface area (Å²) >= 11 is 0. The Kier molecular flexibility index (Phi) is 4.61. The van der Waals surface area contributed by atoms with Gasteiger partial charge in [0.25, 0.3) is 11.5 Å². The predicted molar refractivity (Wildman–Crippen MR) is 118 cm³/mol. The molecule has 0 N–H and O–H groups in total. The summed E-state index contributed by atoms with van der Waals surface area (Å²) in [5, 5.41) is 17.1. The molecule has 3 aliphatic heterocycles. The molecule has 2 aromatic rings. The van der Waals surface area contributed by atoms with Crippen LogP contribution in [0.25, 0.3) is 0 Å². The van der Waals surface area contributed by atoms with Gasteiger partial charge >= 0.3 is 11.9 Å². The van der Waals surface area contributed by atoms with Gasteiger partial charge in [0.1, 0.15) is 12.1 Å². The lowest BCUT2D eigenvalue weighted by Crippen LogP contribution is -2.58. The van der Waals surface area contributed by atoms with Crippen molar-refractivity contribution in [1.82, 2.24) is 5.01 Å². The Hall–Kier alpha value is -4.08. The molecule has 0 saturated carbocycles. The SMILES string of the molecule is CC(=O)[C@@H]1[C@@H](c2ccc([N+](=O)[O-])cc2)C2(C(=O)OC(C)(C)OC2=O)[C@@H]2c3ccccc3C=NN12. The van der Waals surface area contributed by atoms with E-state index in [2.05, 4.69) is 5.10 Å². The van der Waals surface area contributed by atoms with E-state index in [1.54, 1.807) is 30.5 Å². The van der Waals surface area contributed by atoms with Crippen molar-refractivity contribution in [1.29, 1.82) is 0 Å². The number of fused-ring (bicyclic) bond motifs is 4. The molecule has 2 aromatic carbocycles. The molecule has 0 amide bonds. The zero-order chi connectivity index (χ0) is 24.4. The van der Waals surface area contributed by atoms with Crippen LogP contribution in [0.15, 0.2) is 53.6 Å². The molecular formula is C24H21N3O7. The number of esters is 2. The van der Waals surface area contributed by atoms with Crippen LogP contribution in [-0.4, -0.2) is 45.7 Å². The van der Waals surface area contributed by atoms with E-state index in [-0.39, 0.29) is 11.5 Å². The minimum absolute atomic E-state index is 0.161. The number of non-ortho nitro benzene ring substituents is 1. The van der Waals surface area contributed by atoms with Gasteiger partial charge in [-0.2, -0.15) is 5.10 Å². The van der Waals surface area contributed by atoms with Crippen LogP contribution in [0.3, 0.4) is 0 Å². The third-order valence-corrected chi connectivity index (χ3v) is 6.64. The van der Waals surface area contributed by atoms with E-state index >= 15 is 0 Å². The minimum atomic E-state index is -1.96. The fraction of sp³-hybridized carbons (Fsp3) is 0.333. The number of benzene rings is 2. The molecule has 0 aliphatic carbocycles. The van der Waals surface area contributed by atoms with Crippen molar-refractivity contribution in [3.05, 3.63) is 75.3 Å². The first-order valence-electron chi connectivity index (χ1n) is 10.7. The zero-order valence-electron chi connectivity index (χ0n) is 18.6. The molecule has 0 bridgehead atoms. The second kappa shape index (κ2) is 7.21. The smallest absolute Gasteiger partial charge is 0.330 e. The third-order valence-electron chi connectivity index (χ3n) is 6.64. The Labute approximate surface area is 194 Å². The molecule has 3 aliphatic rings. The number of carbonyl (C=O) groups is 3. The average Bonchev–Trinajstić information content (AvgIpc) is 3.10. The van der Waals surface area contributed by atoms with E-state index in [4.69, 9.17) is 9.47 Å². The Balaban J connectivity index is 1.80. The monoisotopic (exact) mass is 463 g/mol. The van der Waals surface area contributed by atoms with E-state index in [1.165, 1.54) is 50.0 Å². The summed E-state index contributed by atoms with van der Waals surface area (Å²) in [5.74, 6) is -4.54. The van der Waals surface area contributed by atoms with Crippen LogP contribution in [0, 0.1) is 15.5 Å². The molecule has 0 unspecified atom stereocenters. The first-order chi connectivity index (χ1) is 16.1. The number of cyclic esters (lactones) is 2. The van der Waals surface area contributed by atoms with Crippen molar-refractivity contribution < 1.29 is 28.8 Å². The van der Waals surface area contributed by atoms with E-state index in [1.807, 2.05) is 0 Å². The summed E-state index contributed by atoms with van der Waals surface area (Å²) in [6.07, 6.45) is 1.58. The van der Waals surface area contributed by atoms with Crippen LogP contribution in [0.1, 0.15) is 49.4 Å². The summed E-state index contributed by atoms with van der Waals surface area (Å²) in [6, 6.07) is 10.6. The fourth-order valence-corrected chi connectivity index (χ4v) is 5.34. The van der Waals surface area contributed by atoms with Gasteiger partial charge in [0.05, 0.1) is 11.1 Å². The number of rotatable bonds is 3. The first kappa shape index (κ1) is 21.7. The van der Waals surface area contributed by atoms with Crippen molar-refractivity contribution in [3.63, 3.8) is 0 Å². The van der Waals surface area contributed by atoms with Crippen molar-refractivity contribution >= 4 is 29.6 Å². The molecule has 5 rings (SSSR count). The highest BCUT2D eigenvalue weighted by atomic mass is 16.7. The van der Waals surface area contributed by atoms with Crippen LogP contribution >= 0.6 is 0 Å². The maximum Gasteiger partial charge on any atom is 0.330 e. The highest BCUT2D eigenvalue weighted by Gasteiger charge is 2.74. The Bertz CT molecular complexity index is 1250. The Morgan fingerprint density at radius 1 is 1.06 bits per heavy atom. The van der Waals surface area contributed by atoms with Crippen molar-refractivity contribution in [2.24, 2.45) is 10.5 Å². The van der Waals surface area contributed by atoms with Gasteiger partial charge in [-0.05, 0) is 23.6 Å². The quantitative estimate of drug-likeness (QED) is 0.294. The van der Waals surface area contributed by atoms with Crippen LogP contribution in [-0.2, 0) is 23.9 Å². The van der Waals surface area contributed by atoms with Crippen molar-refractivity contribution in [2.45, 2.75) is 44.6 Å². The van der Waals surface area contributed by atoms with E-state index in [9.17, 15) is 24.5 Å². The topological polar surface area (TPSA) is 128 Å². The number of hydrogen-bond acceptors (Lipinski definition) is 9. The number of ether oxygens (including phenoxy) is 2. The van der Waals surface area contributed by atoms with Gasteiger partial charge in [0, 0.05) is 31.9 Å². The number of Topliss-reactive ketones (excluding diaryl/α,β-unsaturated/α-hetero) is 1. The van der Waals surface area contributed by atoms with Gasteiger partial charge in [-0.15, -0.1) is 0 Å². The lowest BCUT2D eigenvalue weighted by atomic mass is 9.65. The number of carbonyl (C=O) groups excluding carboxylic acids is 3. The molecule has 2 fully saturated rings. The molecule has 0 aromatic heterocycles. The van der Waals surface area contributed by atoms with Gasteiger partial charge in [-0.25, -0.2) is 0 Å². The Morgan fingerprint density at radius 2 is 1.68 bits per heavy atom. The summed E-state index contributed by atoms with van der Waals surface area (Å²) in [7, 11) is 0. The van der Waals surface area contributed by atoms with Crippen molar-refractivity contribution in [2.75, 3.05) is 0 Å². The van der Waals surface area contributed by atoms with Gasteiger partial charge < -0.3 is 9.47 Å². The highest BCUT2D eigenvalue weighted by Crippen LogP contribution is 2.62. The number of nitro groups is 1. The van der Waals surface area contributed by atoms with Crippen LogP contribution in [0.2, 0.25) is 0 Å². The lowest BCUT2D eigenvalue weighted by molar-refractivity contribution is -0.384. The van der Waals surface area contributed by atoms with Crippen LogP contribution in [0.5, 0.6) is 0 Å². The van der Waals surface area contributed by atoms with Gasteiger partial charge in [-0.1, -0.05) is 36.4 Å². The second-order valence-corrected chi connectivity index (χ2v) is 9.09. The third kappa shape index (κ3) is 2.87. The van der Waals surface area contributed by atoms with E-state index in [0.29, 0.717) is 16.7 Å². The van der Waals surface area contributed by atoms with E-state index in [0.717, 1.165) is 0 Å². The van der Waals surface area contributed by atoms with Gasteiger partial charge in [-0.3, -0.25) is 29.5 Å². The summed E-state index contributed by atoms with van der Waals surface area (Å²) in [6.45, 7) is 4.27. The first-order valence-corrected chi connectivity index (χ1v) is 10.7. The zero-order valence-corrected chi connectivity index (χ0v) is 18.6. The summed E-state index contributed by atoms with van der Waals surface area (Å²) in [4.78, 5) is 51.3. The number of hydrogen-bond donors (Lipinski definition) is 0. The molecule has 34 heavy (non-hydrogen) atoms. The molecule has 10 nitrogen and oxygen atoms in total. The van der Waals surface area contributed by atoms with Crippen molar-refractivity contribution in [3.8, 4) is 0 Å². The normalized spacial score (nSPS) is 25.9. The largest absolute Gasteiger partial charge is 0.422 e. The standard InChI is InChI=1S/C24H21N3O7/c1-13(28)19-18(14-8-10-16(11-9-14)27(31)32)24(21(29)33-23(2,3)34-22(24)30)20-17-7-5-4-6-15(17)12-25-26(19)20/h4-12,18-20H,1-3H3/t18-,19-,20+/m1/s1. The summed E-state index contributed by atoms with van der Waals surface area (Å²) < 4.78 is 11.2. The maximum atomic E-state index is 13.8. The van der Waals surface area contributed by atoms with E-state index < -0.39 is 46.1 Å². The maximum absolute atomic E-state index is 13.8. The van der Waals surface area contributed by atoms with Crippen LogP contribution < -0.4 is 0 Å². The molecular weight excluding hydrogens is 442 g/mol. The number of nitro benzene ring substituents is 1. The average molecular weight is 463 g/mol. The van der Waals surface area contributed by atoms with Gasteiger partial charge in [0.15, 0.2) is 5.78 Å². The fourth-order valence-electron chi connectivity index (χ4n) is 5.34. The minimum Gasteiger partial charge on any atom is -0.422 e. The molecule has 1 spiro atoms.